The molecule has 0 saturated carbocycles. The summed E-state index contributed by atoms with van der Waals surface area (Å²) in [5.41, 5.74) is 1.05. The monoisotopic (exact) mass is 291 g/mol. The van der Waals surface area contributed by atoms with Crippen molar-refractivity contribution >= 4 is 23.2 Å². The Morgan fingerprint density at radius 3 is 2.67 bits per heavy atom. The van der Waals surface area contributed by atoms with E-state index in [1.165, 1.54) is 0 Å². The van der Waals surface area contributed by atoms with Crippen LogP contribution in [0.5, 0.6) is 0 Å². The van der Waals surface area contributed by atoms with Gasteiger partial charge in [0.25, 0.3) is 0 Å². The zero-order valence-corrected chi connectivity index (χ0v) is 12.2. The first-order valence-corrected chi connectivity index (χ1v) is 6.65. The average Bonchev–Trinajstić information content (AvgIpc) is 2.33. The SMILES string of the molecule is CC(c1ccc(Cl)cc1Cl)N(C)CCOCCO. The zero-order chi connectivity index (χ0) is 13.5. The lowest BCUT2D eigenvalue weighted by Crippen LogP contribution is -2.27. The molecule has 0 aliphatic heterocycles. The molecule has 0 aromatic heterocycles. The number of halogens is 2. The van der Waals surface area contributed by atoms with E-state index in [0.29, 0.717) is 23.3 Å². The summed E-state index contributed by atoms with van der Waals surface area (Å²) in [6, 6.07) is 5.73. The fraction of sp³-hybridized carbons (Fsp3) is 0.538. The van der Waals surface area contributed by atoms with Gasteiger partial charge in [-0.15, -0.1) is 0 Å². The highest BCUT2D eigenvalue weighted by Gasteiger charge is 2.14. The molecule has 0 heterocycles. The van der Waals surface area contributed by atoms with Gasteiger partial charge in [0.2, 0.25) is 0 Å². The van der Waals surface area contributed by atoms with Crippen LogP contribution in [0.25, 0.3) is 0 Å². The Bertz CT molecular complexity index is 374. The van der Waals surface area contributed by atoms with Gasteiger partial charge in [0.15, 0.2) is 0 Å². The Balaban J connectivity index is 2.54. The first-order chi connectivity index (χ1) is 8.56. The fourth-order valence-corrected chi connectivity index (χ4v) is 2.21. The highest BCUT2D eigenvalue weighted by molar-refractivity contribution is 6.35. The maximum absolute atomic E-state index is 8.61. The number of rotatable bonds is 7. The van der Waals surface area contributed by atoms with E-state index in [9.17, 15) is 0 Å². The lowest BCUT2D eigenvalue weighted by Gasteiger charge is -2.25. The summed E-state index contributed by atoms with van der Waals surface area (Å²) in [4.78, 5) is 2.15. The number of hydrogen-bond donors (Lipinski definition) is 1. The molecule has 1 aromatic carbocycles. The molecular weight excluding hydrogens is 273 g/mol. The maximum atomic E-state index is 8.61. The van der Waals surface area contributed by atoms with E-state index in [0.717, 1.165) is 12.1 Å². The van der Waals surface area contributed by atoms with Crippen molar-refractivity contribution in [2.75, 3.05) is 33.4 Å². The predicted octanol–water partition coefficient (Wildman–Crippen LogP) is 3.00. The zero-order valence-electron chi connectivity index (χ0n) is 10.7. The standard InChI is InChI=1S/C13H19Cl2NO2/c1-10(16(2)5-7-18-8-6-17)12-4-3-11(14)9-13(12)15/h3-4,9-10,17H,5-8H2,1-2H3. The Hall–Kier alpha value is -0.320. The lowest BCUT2D eigenvalue weighted by molar-refractivity contribution is 0.0719. The molecule has 0 bridgehead atoms. The van der Waals surface area contributed by atoms with Crippen molar-refractivity contribution in [1.82, 2.24) is 4.90 Å². The normalized spacial score (nSPS) is 13.0. The van der Waals surface area contributed by atoms with Crippen molar-refractivity contribution in [3.8, 4) is 0 Å². The van der Waals surface area contributed by atoms with Crippen LogP contribution < -0.4 is 0 Å². The number of likely N-dealkylation sites (N-methyl/N-ethyl adjacent to an activating group) is 1. The first kappa shape index (κ1) is 15.7. The second kappa shape index (κ2) is 7.97. The number of benzene rings is 1. The lowest BCUT2D eigenvalue weighted by atomic mass is 10.1. The molecule has 0 aliphatic rings. The van der Waals surface area contributed by atoms with E-state index in [1.54, 1.807) is 6.07 Å². The minimum Gasteiger partial charge on any atom is -0.394 e. The molecule has 1 atom stereocenters. The van der Waals surface area contributed by atoms with E-state index in [4.69, 9.17) is 33.0 Å². The number of hydrogen-bond acceptors (Lipinski definition) is 3. The first-order valence-electron chi connectivity index (χ1n) is 5.90. The van der Waals surface area contributed by atoms with Gasteiger partial charge >= 0.3 is 0 Å². The number of nitrogens with zero attached hydrogens (tertiary/aromatic N) is 1. The smallest absolute Gasteiger partial charge is 0.0698 e. The summed E-state index contributed by atoms with van der Waals surface area (Å²) >= 11 is 12.1. The van der Waals surface area contributed by atoms with Crippen molar-refractivity contribution < 1.29 is 9.84 Å². The van der Waals surface area contributed by atoms with E-state index >= 15 is 0 Å². The molecule has 1 aromatic rings. The number of aliphatic hydroxyl groups is 1. The third kappa shape index (κ3) is 4.75. The average molecular weight is 292 g/mol. The highest BCUT2D eigenvalue weighted by Crippen LogP contribution is 2.28. The quantitative estimate of drug-likeness (QED) is 0.784. The van der Waals surface area contributed by atoms with Crippen molar-refractivity contribution in [3.05, 3.63) is 33.8 Å². The van der Waals surface area contributed by atoms with Crippen molar-refractivity contribution in [1.29, 1.82) is 0 Å². The van der Waals surface area contributed by atoms with E-state index in [1.807, 2.05) is 19.2 Å². The second-order valence-corrected chi connectivity index (χ2v) is 5.00. The second-order valence-electron chi connectivity index (χ2n) is 4.16. The van der Waals surface area contributed by atoms with Crippen LogP contribution in [0.15, 0.2) is 18.2 Å². The Morgan fingerprint density at radius 2 is 2.06 bits per heavy atom. The van der Waals surface area contributed by atoms with Gasteiger partial charge in [-0.25, -0.2) is 0 Å². The van der Waals surface area contributed by atoms with Crippen LogP contribution in [0.1, 0.15) is 18.5 Å². The molecule has 0 spiro atoms. The Labute approximate surface area is 118 Å². The van der Waals surface area contributed by atoms with Crippen LogP contribution in [0.3, 0.4) is 0 Å². The molecule has 0 radical (unpaired) electrons. The van der Waals surface area contributed by atoms with Gasteiger partial charge in [-0.2, -0.15) is 0 Å². The summed E-state index contributed by atoms with van der Waals surface area (Å²) in [7, 11) is 2.01. The van der Waals surface area contributed by atoms with Crippen LogP contribution in [-0.4, -0.2) is 43.4 Å². The molecule has 1 N–H and O–H groups in total. The molecule has 102 valence electrons. The van der Waals surface area contributed by atoms with Gasteiger partial charge < -0.3 is 9.84 Å². The molecule has 0 saturated heterocycles. The summed E-state index contributed by atoms with van der Waals surface area (Å²) in [5.74, 6) is 0. The van der Waals surface area contributed by atoms with Crippen molar-refractivity contribution in [2.24, 2.45) is 0 Å². The van der Waals surface area contributed by atoms with Crippen LogP contribution in [0, 0.1) is 0 Å². The molecule has 0 amide bonds. The van der Waals surface area contributed by atoms with Gasteiger partial charge in [0.05, 0.1) is 19.8 Å². The summed E-state index contributed by atoms with van der Waals surface area (Å²) < 4.78 is 5.24. The highest BCUT2D eigenvalue weighted by atomic mass is 35.5. The third-order valence-electron chi connectivity index (χ3n) is 2.90. The van der Waals surface area contributed by atoms with Crippen LogP contribution in [0.4, 0.5) is 0 Å². The number of aliphatic hydroxyl groups excluding tert-OH is 1. The third-order valence-corrected chi connectivity index (χ3v) is 3.46. The molecular formula is C13H19Cl2NO2. The van der Waals surface area contributed by atoms with Crippen molar-refractivity contribution in [3.63, 3.8) is 0 Å². The van der Waals surface area contributed by atoms with E-state index < -0.39 is 0 Å². The van der Waals surface area contributed by atoms with E-state index in [2.05, 4.69) is 11.8 Å². The number of ether oxygens (including phenoxy) is 1. The topological polar surface area (TPSA) is 32.7 Å². The summed E-state index contributed by atoms with van der Waals surface area (Å²) in [6.45, 7) is 3.89. The fourth-order valence-electron chi connectivity index (χ4n) is 1.65. The summed E-state index contributed by atoms with van der Waals surface area (Å²) in [5, 5.41) is 9.93. The summed E-state index contributed by atoms with van der Waals surface area (Å²) in [6.07, 6.45) is 0. The van der Waals surface area contributed by atoms with Gasteiger partial charge in [0.1, 0.15) is 0 Å². The van der Waals surface area contributed by atoms with Gasteiger partial charge in [-0.3, -0.25) is 4.90 Å². The minimum atomic E-state index is 0.0578. The molecule has 1 rings (SSSR count). The predicted molar refractivity (Wildman–Crippen MR) is 75.4 cm³/mol. The van der Waals surface area contributed by atoms with Gasteiger partial charge in [0, 0.05) is 22.6 Å². The van der Waals surface area contributed by atoms with Gasteiger partial charge in [-0.1, -0.05) is 29.3 Å². The van der Waals surface area contributed by atoms with E-state index in [-0.39, 0.29) is 12.6 Å². The molecule has 3 nitrogen and oxygen atoms in total. The van der Waals surface area contributed by atoms with Crippen molar-refractivity contribution in [2.45, 2.75) is 13.0 Å². The van der Waals surface area contributed by atoms with Crippen LogP contribution in [0.2, 0.25) is 10.0 Å². The Kier molecular flexibility index (Phi) is 6.97. The molecule has 0 fully saturated rings. The molecule has 1 unspecified atom stereocenters. The van der Waals surface area contributed by atoms with Gasteiger partial charge in [-0.05, 0) is 31.7 Å². The molecule has 0 aliphatic carbocycles. The minimum absolute atomic E-state index is 0.0578. The van der Waals surface area contributed by atoms with Crippen LogP contribution >= 0.6 is 23.2 Å². The molecule has 18 heavy (non-hydrogen) atoms. The Morgan fingerprint density at radius 1 is 1.33 bits per heavy atom. The maximum Gasteiger partial charge on any atom is 0.0698 e. The largest absolute Gasteiger partial charge is 0.394 e. The molecule has 5 heteroatoms. The van der Waals surface area contributed by atoms with Crippen LogP contribution in [-0.2, 0) is 4.74 Å².